The van der Waals surface area contributed by atoms with E-state index in [2.05, 4.69) is 10.6 Å². The molecule has 128 valence electrons. The van der Waals surface area contributed by atoms with Crippen molar-refractivity contribution in [2.24, 2.45) is 0 Å². The molecule has 2 saturated heterocycles. The van der Waals surface area contributed by atoms with E-state index in [1.807, 2.05) is 0 Å². The first-order chi connectivity index (χ1) is 11.3. The van der Waals surface area contributed by atoms with Gasteiger partial charge >= 0.3 is 6.03 Å². The highest BCUT2D eigenvalue weighted by atomic mass is 35.5. The Balaban J connectivity index is 1.62. The molecule has 1 spiro atoms. The number of likely N-dealkylation sites (tertiary alicyclic amines) is 1. The molecule has 2 aliphatic heterocycles. The van der Waals surface area contributed by atoms with Gasteiger partial charge in [-0.15, -0.1) is 0 Å². The summed E-state index contributed by atoms with van der Waals surface area (Å²) in [5.41, 5.74) is -1.05. The number of benzene rings is 1. The summed E-state index contributed by atoms with van der Waals surface area (Å²) in [6.07, 6.45) is 0.351. The van der Waals surface area contributed by atoms with Gasteiger partial charge in [-0.05, 0) is 12.5 Å². The fourth-order valence-electron chi connectivity index (χ4n) is 2.68. The lowest BCUT2D eigenvalue weighted by Crippen LogP contribution is -2.50. The van der Waals surface area contributed by atoms with E-state index in [0.717, 1.165) is 0 Å². The second-order valence-corrected chi connectivity index (χ2v) is 6.76. The zero-order valence-electron chi connectivity index (χ0n) is 12.2. The fraction of sp³-hybridized carbons (Fsp3) is 0.357. The Kier molecular flexibility index (Phi) is 4.50. The van der Waals surface area contributed by atoms with Gasteiger partial charge in [0.1, 0.15) is 11.3 Å². The Morgan fingerprint density at radius 1 is 1.21 bits per heavy atom. The fourth-order valence-corrected chi connectivity index (χ4v) is 3.28. The standard InChI is InChI=1S/C14H12Cl3N3O4/c15-7-3-9(17)10(4-8(7)16)24-5-11(21)20-2-1-14(6-20)12(22)18-13(23)19-14/h3-4H,1-2,5-6H2,(H2,18,19,22,23). The molecule has 0 radical (unpaired) electrons. The van der Waals surface area contributed by atoms with Gasteiger partial charge in [0.15, 0.2) is 6.61 Å². The summed E-state index contributed by atoms with van der Waals surface area (Å²) in [6, 6.07) is 2.30. The molecule has 1 aromatic rings. The Hall–Kier alpha value is -1.70. The van der Waals surface area contributed by atoms with Crippen LogP contribution in [0.5, 0.6) is 5.75 Å². The predicted octanol–water partition coefficient (Wildman–Crippen LogP) is 1.84. The van der Waals surface area contributed by atoms with Gasteiger partial charge < -0.3 is 15.0 Å². The number of halogens is 3. The average Bonchev–Trinajstić information content (AvgIpc) is 3.05. The number of imide groups is 1. The molecule has 0 saturated carbocycles. The van der Waals surface area contributed by atoms with E-state index < -0.39 is 17.5 Å². The number of hydrogen-bond donors (Lipinski definition) is 2. The predicted molar refractivity (Wildman–Crippen MR) is 87.6 cm³/mol. The number of nitrogens with one attached hydrogen (secondary N) is 2. The van der Waals surface area contributed by atoms with E-state index in [4.69, 9.17) is 39.5 Å². The van der Waals surface area contributed by atoms with Crippen molar-refractivity contribution >= 4 is 52.6 Å². The number of urea groups is 1. The molecule has 1 unspecified atom stereocenters. The molecule has 10 heteroatoms. The Morgan fingerprint density at radius 3 is 2.58 bits per heavy atom. The first-order valence-electron chi connectivity index (χ1n) is 6.99. The summed E-state index contributed by atoms with van der Waals surface area (Å²) in [5.74, 6) is -0.514. The van der Waals surface area contributed by atoms with Crippen molar-refractivity contribution in [1.29, 1.82) is 0 Å². The minimum absolute atomic E-state index is 0.0991. The van der Waals surface area contributed by atoms with Crippen LogP contribution < -0.4 is 15.4 Å². The zero-order chi connectivity index (χ0) is 17.5. The van der Waals surface area contributed by atoms with Crippen molar-refractivity contribution in [2.75, 3.05) is 19.7 Å². The highest BCUT2D eigenvalue weighted by molar-refractivity contribution is 6.43. The Labute approximate surface area is 152 Å². The molecule has 3 rings (SSSR count). The van der Waals surface area contributed by atoms with Gasteiger partial charge in [0.25, 0.3) is 11.8 Å². The molecule has 2 aliphatic rings. The van der Waals surface area contributed by atoms with Crippen molar-refractivity contribution in [1.82, 2.24) is 15.5 Å². The minimum Gasteiger partial charge on any atom is -0.482 e. The van der Waals surface area contributed by atoms with Crippen molar-refractivity contribution in [2.45, 2.75) is 12.0 Å². The van der Waals surface area contributed by atoms with Crippen molar-refractivity contribution in [3.05, 3.63) is 27.2 Å². The van der Waals surface area contributed by atoms with Crippen LogP contribution in [0.3, 0.4) is 0 Å². The molecule has 1 atom stereocenters. The maximum atomic E-state index is 12.3. The summed E-state index contributed by atoms with van der Waals surface area (Å²) < 4.78 is 5.39. The molecule has 0 aromatic heterocycles. The van der Waals surface area contributed by atoms with E-state index >= 15 is 0 Å². The highest BCUT2D eigenvalue weighted by Crippen LogP contribution is 2.34. The summed E-state index contributed by atoms with van der Waals surface area (Å²) in [6.45, 7) is 0.163. The quantitative estimate of drug-likeness (QED) is 0.607. The number of carbonyl (C=O) groups is 3. The maximum absolute atomic E-state index is 12.3. The largest absolute Gasteiger partial charge is 0.482 e. The van der Waals surface area contributed by atoms with Crippen LogP contribution in [0.2, 0.25) is 15.1 Å². The van der Waals surface area contributed by atoms with Crippen molar-refractivity contribution in [3.8, 4) is 5.75 Å². The average molecular weight is 393 g/mol. The maximum Gasteiger partial charge on any atom is 0.322 e. The number of amides is 4. The smallest absolute Gasteiger partial charge is 0.322 e. The van der Waals surface area contributed by atoms with Crippen LogP contribution in [0.4, 0.5) is 4.79 Å². The lowest BCUT2D eigenvalue weighted by atomic mass is 10.00. The lowest BCUT2D eigenvalue weighted by Gasteiger charge is -2.21. The summed E-state index contributed by atoms with van der Waals surface area (Å²) in [7, 11) is 0. The molecule has 2 N–H and O–H groups in total. The summed E-state index contributed by atoms with van der Waals surface area (Å²) in [5, 5.41) is 5.53. The number of ether oxygens (including phenoxy) is 1. The second kappa shape index (κ2) is 6.31. The first kappa shape index (κ1) is 17.1. The molecule has 2 fully saturated rings. The van der Waals surface area contributed by atoms with Gasteiger partial charge in [0.05, 0.1) is 21.6 Å². The number of rotatable bonds is 3. The minimum atomic E-state index is -1.05. The Morgan fingerprint density at radius 2 is 1.92 bits per heavy atom. The van der Waals surface area contributed by atoms with E-state index in [1.165, 1.54) is 17.0 Å². The molecular formula is C14H12Cl3N3O4. The molecule has 0 aliphatic carbocycles. The molecule has 1 aromatic carbocycles. The van der Waals surface area contributed by atoms with Gasteiger partial charge in [-0.25, -0.2) is 4.79 Å². The Bertz CT molecular complexity index is 742. The van der Waals surface area contributed by atoms with Gasteiger partial charge in [0, 0.05) is 12.6 Å². The first-order valence-corrected chi connectivity index (χ1v) is 8.13. The molecule has 4 amide bonds. The van der Waals surface area contributed by atoms with Crippen LogP contribution in [-0.4, -0.2) is 48.0 Å². The highest BCUT2D eigenvalue weighted by Gasteiger charge is 2.51. The van der Waals surface area contributed by atoms with E-state index in [0.29, 0.717) is 13.0 Å². The monoisotopic (exact) mass is 391 g/mol. The third kappa shape index (κ3) is 3.11. The van der Waals surface area contributed by atoms with E-state index in [-0.39, 0.29) is 39.9 Å². The SMILES string of the molecule is O=C1NC(=O)C2(CCN(C(=O)COc3cc(Cl)c(Cl)cc3Cl)C2)N1. The van der Waals surface area contributed by atoms with Gasteiger partial charge in [-0.1, -0.05) is 34.8 Å². The number of hydrogen-bond acceptors (Lipinski definition) is 4. The number of carbonyl (C=O) groups excluding carboxylic acids is 3. The van der Waals surface area contributed by atoms with Crippen LogP contribution in [-0.2, 0) is 9.59 Å². The number of nitrogens with zero attached hydrogens (tertiary/aromatic N) is 1. The van der Waals surface area contributed by atoms with Crippen LogP contribution >= 0.6 is 34.8 Å². The summed E-state index contributed by atoms with van der Waals surface area (Å²) >= 11 is 17.7. The third-order valence-corrected chi connectivity index (χ3v) is 4.98. The van der Waals surface area contributed by atoms with Crippen LogP contribution in [0.1, 0.15) is 6.42 Å². The van der Waals surface area contributed by atoms with Gasteiger partial charge in [-0.3, -0.25) is 14.9 Å². The van der Waals surface area contributed by atoms with Crippen LogP contribution in [0, 0.1) is 0 Å². The van der Waals surface area contributed by atoms with E-state index in [1.54, 1.807) is 0 Å². The molecule has 24 heavy (non-hydrogen) atoms. The molecule has 2 heterocycles. The van der Waals surface area contributed by atoms with Crippen LogP contribution in [0.25, 0.3) is 0 Å². The van der Waals surface area contributed by atoms with Gasteiger partial charge in [0.2, 0.25) is 0 Å². The molecular weight excluding hydrogens is 381 g/mol. The summed E-state index contributed by atoms with van der Waals surface area (Å²) in [4.78, 5) is 36.9. The molecule has 7 nitrogen and oxygen atoms in total. The second-order valence-electron chi connectivity index (χ2n) is 5.54. The van der Waals surface area contributed by atoms with Crippen molar-refractivity contribution < 1.29 is 19.1 Å². The topological polar surface area (TPSA) is 87.7 Å². The molecule has 0 bridgehead atoms. The third-order valence-electron chi connectivity index (χ3n) is 3.96. The normalized spacial score (nSPS) is 22.7. The van der Waals surface area contributed by atoms with Crippen LogP contribution in [0.15, 0.2) is 12.1 Å². The van der Waals surface area contributed by atoms with Gasteiger partial charge in [-0.2, -0.15) is 0 Å². The zero-order valence-corrected chi connectivity index (χ0v) is 14.5. The lowest BCUT2D eigenvalue weighted by molar-refractivity contribution is -0.132. The van der Waals surface area contributed by atoms with Crippen molar-refractivity contribution in [3.63, 3.8) is 0 Å². The van der Waals surface area contributed by atoms with E-state index in [9.17, 15) is 14.4 Å².